The van der Waals surface area contributed by atoms with E-state index in [1.54, 1.807) is 37.3 Å². The number of esters is 1. The number of sulfonamides is 1. The number of ether oxygens (including phenoxy) is 1. The molecule has 26 heavy (non-hydrogen) atoms. The van der Waals surface area contributed by atoms with Gasteiger partial charge in [0.15, 0.2) is 0 Å². The number of para-hydroxylation sites is 1. The highest BCUT2D eigenvalue weighted by Gasteiger charge is 2.31. The predicted molar refractivity (Wildman–Crippen MR) is 98.2 cm³/mol. The molecule has 1 aromatic carbocycles. The van der Waals surface area contributed by atoms with Gasteiger partial charge in [0.25, 0.3) is 5.91 Å². The van der Waals surface area contributed by atoms with Crippen molar-refractivity contribution in [2.45, 2.75) is 26.2 Å². The number of nitrogens with one attached hydrogen (secondary N) is 1. The minimum Gasteiger partial charge on any atom is -0.465 e. The van der Waals surface area contributed by atoms with E-state index < -0.39 is 28.4 Å². The maximum absolute atomic E-state index is 12.2. The molecule has 1 amide bonds. The van der Waals surface area contributed by atoms with Crippen molar-refractivity contribution in [2.24, 2.45) is 11.0 Å². The number of rotatable bonds is 7. The van der Waals surface area contributed by atoms with Crippen molar-refractivity contribution >= 4 is 33.3 Å². The predicted octanol–water partition coefficient (Wildman–Crippen LogP) is 1.29. The fourth-order valence-electron chi connectivity index (χ4n) is 2.75. The van der Waals surface area contributed by atoms with Crippen molar-refractivity contribution in [3.05, 3.63) is 30.3 Å². The molecule has 1 N–H and O–H groups in total. The zero-order chi connectivity index (χ0) is 19.2. The summed E-state index contributed by atoms with van der Waals surface area (Å²) < 4.78 is 30.0. The monoisotopic (exact) mass is 381 g/mol. The fraction of sp³-hybridized carbons (Fsp3) is 0.471. The number of hydrogen-bond donors (Lipinski definition) is 1. The van der Waals surface area contributed by atoms with E-state index in [9.17, 15) is 18.0 Å². The van der Waals surface area contributed by atoms with Crippen LogP contribution in [0.15, 0.2) is 35.4 Å². The lowest BCUT2D eigenvalue weighted by atomic mass is 10.1. The van der Waals surface area contributed by atoms with Crippen LogP contribution in [0, 0.1) is 5.92 Å². The van der Waals surface area contributed by atoms with Crippen molar-refractivity contribution in [3.8, 4) is 0 Å². The molecule has 1 saturated carbocycles. The largest absolute Gasteiger partial charge is 0.465 e. The van der Waals surface area contributed by atoms with Crippen LogP contribution >= 0.6 is 0 Å². The van der Waals surface area contributed by atoms with Crippen LogP contribution in [0.25, 0.3) is 0 Å². The molecule has 1 aliphatic carbocycles. The summed E-state index contributed by atoms with van der Waals surface area (Å²) in [4.78, 5) is 24.1. The van der Waals surface area contributed by atoms with Gasteiger partial charge in [0, 0.05) is 0 Å². The molecule has 9 heteroatoms. The van der Waals surface area contributed by atoms with Gasteiger partial charge in [-0.2, -0.15) is 5.10 Å². The third-order valence-electron chi connectivity index (χ3n) is 3.95. The Balaban J connectivity index is 2.05. The molecule has 8 nitrogen and oxygen atoms in total. The number of hydrazone groups is 1. The summed E-state index contributed by atoms with van der Waals surface area (Å²) in [6, 6.07) is 8.34. The summed E-state index contributed by atoms with van der Waals surface area (Å²) in [5.74, 6) is -1.38. The lowest BCUT2D eigenvalue weighted by molar-refractivity contribution is -0.145. The van der Waals surface area contributed by atoms with E-state index in [0.29, 0.717) is 24.2 Å². The quantitative estimate of drug-likeness (QED) is 0.566. The van der Waals surface area contributed by atoms with Gasteiger partial charge in [-0.3, -0.25) is 13.9 Å². The van der Waals surface area contributed by atoms with Crippen molar-refractivity contribution in [2.75, 3.05) is 23.7 Å². The Kier molecular flexibility index (Phi) is 6.73. The lowest BCUT2D eigenvalue weighted by Gasteiger charge is -2.21. The number of nitrogens with zero attached hydrogens (tertiary/aromatic N) is 2. The molecule has 0 unspecified atom stereocenters. The Morgan fingerprint density at radius 1 is 1.31 bits per heavy atom. The van der Waals surface area contributed by atoms with Gasteiger partial charge in [-0.25, -0.2) is 13.8 Å². The van der Waals surface area contributed by atoms with Gasteiger partial charge >= 0.3 is 5.97 Å². The maximum atomic E-state index is 12.2. The van der Waals surface area contributed by atoms with Crippen molar-refractivity contribution in [1.82, 2.24) is 5.43 Å². The molecule has 142 valence electrons. The molecule has 0 spiro atoms. The Labute approximate surface area is 153 Å². The average molecular weight is 381 g/mol. The van der Waals surface area contributed by atoms with Crippen LogP contribution in [0.1, 0.15) is 26.2 Å². The van der Waals surface area contributed by atoms with E-state index in [1.165, 1.54) is 0 Å². The topological polar surface area (TPSA) is 105 Å². The molecule has 0 aliphatic heterocycles. The Hall–Kier alpha value is -2.42. The Morgan fingerprint density at radius 3 is 2.62 bits per heavy atom. The molecule has 0 heterocycles. The highest BCUT2D eigenvalue weighted by Crippen LogP contribution is 2.23. The summed E-state index contributed by atoms with van der Waals surface area (Å²) in [6.07, 6.45) is 3.05. The number of carbonyl (C=O) groups is 2. The molecular formula is C17H23N3O5S. The van der Waals surface area contributed by atoms with Gasteiger partial charge in [0.2, 0.25) is 10.0 Å². The van der Waals surface area contributed by atoms with Crippen LogP contribution in [-0.2, 0) is 24.3 Å². The number of hydrogen-bond acceptors (Lipinski definition) is 6. The molecule has 0 radical (unpaired) electrons. The number of amides is 1. The zero-order valence-electron chi connectivity index (χ0n) is 14.8. The summed E-state index contributed by atoms with van der Waals surface area (Å²) in [7, 11) is -3.63. The van der Waals surface area contributed by atoms with Gasteiger partial charge in [0.1, 0.15) is 6.54 Å². The molecule has 0 aromatic heterocycles. The molecule has 1 aliphatic rings. The van der Waals surface area contributed by atoms with E-state index in [0.717, 1.165) is 17.0 Å². The number of anilines is 1. The standard InChI is InChI=1S/C17H23N3O5S/c1-3-25-17(22)14-10-7-11-15(14)18-19-16(21)12-20(26(2,23)24)13-8-5-4-6-9-13/h4-6,8-9,14H,3,7,10-12H2,1-2H3,(H,19,21)/b18-15-/t14-/m0/s1. The van der Waals surface area contributed by atoms with Crippen LogP contribution in [0.3, 0.4) is 0 Å². The van der Waals surface area contributed by atoms with Crippen molar-refractivity contribution in [1.29, 1.82) is 0 Å². The summed E-state index contributed by atoms with van der Waals surface area (Å²) in [5, 5.41) is 4.03. The van der Waals surface area contributed by atoms with Gasteiger partial charge in [-0.05, 0) is 38.3 Å². The molecule has 1 fully saturated rings. The second kappa shape index (κ2) is 8.79. The molecular weight excluding hydrogens is 358 g/mol. The fourth-order valence-corrected chi connectivity index (χ4v) is 3.61. The van der Waals surface area contributed by atoms with Crippen LogP contribution in [0.5, 0.6) is 0 Å². The van der Waals surface area contributed by atoms with Gasteiger partial charge in [-0.15, -0.1) is 0 Å². The first-order chi connectivity index (χ1) is 12.3. The Bertz CT molecular complexity index is 777. The SMILES string of the molecule is CCOC(=O)[C@H]1CCC/C1=N/NC(=O)CN(c1ccccc1)S(C)(=O)=O. The molecule has 0 saturated heterocycles. The first-order valence-corrected chi connectivity index (χ1v) is 10.2. The van der Waals surface area contributed by atoms with Crippen LogP contribution in [-0.4, -0.2) is 45.4 Å². The van der Waals surface area contributed by atoms with Gasteiger partial charge < -0.3 is 4.74 Å². The first-order valence-electron chi connectivity index (χ1n) is 8.37. The minimum atomic E-state index is -3.63. The van der Waals surface area contributed by atoms with E-state index in [1.807, 2.05) is 0 Å². The zero-order valence-corrected chi connectivity index (χ0v) is 15.7. The number of carbonyl (C=O) groups excluding carboxylic acids is 2. The van der Waals surface area contributed by atoms with E-state index in [4.69, 9.17) is 4.74 Å². The second-order valence-electron chi connectivity index (χ2n) is 5.94. The summed E-state index contributed by atoms with van der Waals surface area (Å²) in [6.45, 7) is 1.62. The van der Waals surface area contributed by atoms with Crippen LogP contribution < -0.4 is 9.73 Å². The van der Waals surface area contributed by atoms with E-state index in [-0.39, 0.29) is 12.6 Å². The molecule has 2 rings (SSSR count). The first kappa shape index (κ1) is 19.9. The minimum absolute atomic E-state index is 0.287. The maximum Gasteiger partial charge on any atom is 0.314 e. The van der Waals surface area contributed by atoms with Crippen molar-refractivity contribution < 1.29 is 22.7 Å². The summed E-state index contributed by atoms with van der Waals surface area (Å²) in [5.41, 5.74) is 3.31. The van der Waals surface area contributed by atoms with Crippen LogP contribution in [0.4, 0.5) is 5.69 Å². The van der Waals surface area contributed by atoms with E-state index >= 15 is 0 Å². The van der Waals surface area contributed by atoms with Crippen LogP contribution in [0.2, 0.25) is 0 Å². The Morgan fingerprint density at radius 2 is 2.00 bits per heavy atom. The highest BCUT2D eigenvalue weighted by molar-refractivity contribution is 7.92. The van der Waals surface area contributed by atoms with Gasteiger partial charge in [-0.1, -0.05) is 18.2 Å². The second-order valence-corrected chi connectivity index (χ2v) is 7.85. The molecule has 1 atom stereocenters. The highest BCUT2D eigenvalue weighted by atomic mass is 32.2. The van der Waals surface area contributed by atoms with Crippen molar-refractivity contribution in [3.63, 3.8) is 0 Å². The third-order valence-corrected chi connectivity index (χ3v) is 5.10. The smallest absolute Gasteiger partial charge is 0.314 e. The molecule has 0 bridgehead atoms. The normalized spacial score (nSPS) is 18.5. The lowest BCUT2D eigenvalue weighted by Crippen LogP contribution is -2.39. The number of benzene rings is 1. The third kappa shape index (κ3) is 5.29. The molecule has 1 aromatic rings. The van der Waals surface area contributed by atoms with E-state index in [2.05, 4.69) is 10.5 Å². The van der Waals surface area contributed by atoms with Gasteiger partial charge in [0.05, 0.1) is 30.2 Å². The average Bonchev–Trinajstić information content (AvgIpc) is 3.06. The summed E-state index contributed by atoms with van der Waals surface area (Å²) >= 11 is 0.